The van der Waals surface area contributed by atoms with Gasteiger partial charge in [-0.3, -0.25) is 14.5 Å². The SMILES string of the molecule is COc1ccccc1C1C2CCCN2C2(C(=O)Nc3ccccc32)C1C(=O)c1ccccc1. The van der Waals surface area contributed by atoms with Crippen molar-refractivity contribution in [2.45, 2.75) is 30.3 Å². The minimum atomic E-state index is -1.03. The maximum atomic E-state index is 14.3. The Balaban J connectivity index is 1.64. The van der Waals surface area contributed by atoms with E-state index in [0.717, 1.165) is 42.0 Å². The van der Waals surface area contributed by atoms with Crippen molar-refractivity contribution < 1.29 is 14.3 Å². The zero-order valence-electron chi connectivity index (χ0n) is 18.5. The van der Waals surface area contributed by atoms with Gasteiger partial charge < -0.3 is 10.1 Å². The first kappa shape index (κ1) is 20.2. The summed E-state index contributed by atoms with van der Waals surface area (Å²) in [7, 11) is 1.67. The molecule has 3 aliphatic rings. The summed E-state index contributed by atoms with van der Waals surface area (Å²) in [5, 5.41) is 3.12. The number of anilines is 1. The Bertz CT molecular complexity index is 1240. The second-order valence-corrected chi connectivity index (χ2v) is 9.14. The third-order valence-corrected chi connectivity index (χ3v) is 7.75. The average Bonchev–Trinajstić information content (AvgIpc) is 3.52. The highest BCUT2D eigenvalue weighted by molar-refractivity contribution is 6.12. The molecule has 0 saturated carbocycles. The number of Topliss-reactive ketones (excluding diaryl/α,β-unsaturated/α-hetero) is 1. The van der Waals surface area contributed by atoms with Gasteiger partial charge in [0.2, 0.25) is 5.91 Å². The molecule has 5 heteroatoms. The van der Waals surface area contributed by atoms with Crippen LogP contribution in [0.4, 0.5) is 5.69 Å². The number of para-hydroxylation sites is 2. The molecule has 0 aliphatic carbocycles. The van der Waals surface area contributed by atoms with Gasteiger partial charge in [0.1, 0.15) is 11.3 Å². The van der Waals surface area contributed by atoms with Crippen LogP contribution in [0.25, 0.3) is 0 Å². The largest absolute Gasteiger partial charge is 0.496 e. The van der Waals surface area contributed by atoms with E-state index >= 15 is 0 Å². The lowest BCUT2D eigenvalue weighted by Gasteiger charge is -2.37. The number of nitrogens with one attached hydrogen (secondary N) is 1. The van der Waals surface area contributed by atoms with Crippen molar-refractivity contribution >= 4 is 17.4 Å². The van der Waals surface area contributed by atoms with E-state index in [-0.39, 0.29) is 23.7 Å². The van der Waals surface area contributed by atoms with E-state index in [9.17, 15) is 9.59 Å². The highest BCUT2D eigenvalue weighted by Crippen LogP contribution is 2.61. The van der Waals surface area contributed by atoms with E-state index in [0.29, 0.717) is 5.56 Å². The van der Waals surface area contributed by atoms with Crippen molar-refractivity contribution in [3.8, 4) is 5.75 Å². The smallest absolute Gasteiger partial charge is 0.250 e. The zero-order chi connectivity index (χ0) is 22.6. The van der Waals surface area contributed by atoms with Gasteiger partial charge in [-0.05, 0) is 37.1 Å². The number of benzene rings is 3. The van der Waals surface area contributed by atoms with Gasteiger partial charge in [-0.2, -0.15) is 0 Å². The molecule has 0 aromatic heterocycles. The fraction of sp³-hybridized carbons (Fsp3) is 0.286. The predicted octanol–water partition coefficient (Wildman–Crippen LogP) is 4.60. The molecule has 2 fully saturated rings. The Morgan fingerprint density at radius 2 is 1.73 bits per heavy atom. The molecular formula is C28H26N2O3. The van der Waals surface area contributed by atoms with E-state index in [1.807, 2.05) is 72.8 Å². The van der Waals surface area contributed by atoms with Crippen molar-refractivity contribution in [2.75, 3.05) is 19.0 Å². The number of hydrogen-bond acceptors (Lipinski definition) is 4. The quantitative estimate of drug-likeness (QED) is 0.605. The van der Waals surface area contributed by atoms with Gasteiger partial charge in [-0.15, -0.1) is 0 Å². The maximum absolute atomic E-state index is 14.3. The molecule has 4 unspecified atom stereocenters. The standard InChI is InChI=1S/C28H26N2O3/c1-33-23-16-8-5-12-19(23)24-22-15-9-17-30(22)28(20-13-6-7-14-21(20)29-27(28)32)25(24)26(31)18-10-3-2-4-11-18/h2-8,10-14,16,22,24-25H,9,15,17H2,1H3,(H,29,32). The molecule has 5 nitrogen and oxygen atoms in total. The van der Waals surface area contributed by atoms with Crippen LogP contribution in [0, 0.1) is 5.92 Å². The van der Waals surface area contributed by atoms with Crippen LogP contribution in [0.15, 0.2) is 78.9 Å². The van der Waals surface area contributed by atoms with Crippen LogP contribution in [-0.4, -0.2) is 36.3 Å². The fourth-order valence-electron chi connectivity index (χ4n) is 6.59. The summed E-state index contributed by atoms with van der Waals surface area (Å²) in [6.07, 6.45) is 1.94. The predicted molar refractivity (Wildman–Crippen MR) is 126 cm³/mol. The van der Waals surface area contributed by atoms with E-state index in [2.05, 4.69) is 16.3 Å². The Kier molecular flexibility index (Phi) is 4.63. The summed E-state index contributed by atoms with van der Waals surface area (Å²) in [5.41, 5.74) is 2.32. The first-order chi connectivity index (χ1) is 16.2. The Hall–Kier alpha value is -3.44. The third kappa shape index (κ3) is 2.69. The van der Waals surface area contributed by atoms with Gasteiger partial charge in [0.25, 0.3) is 0 Å². The highest BCUT2D eigenvalue weighted by Gasteiger charge is 2.69. The molecule has 3 aliphatic heterocycles. The second-order valence-electron chi connectivity index (χ2n) is 9.14. The molecular weight excluding hydrogens is 412 g/mol. The Labute approximate surface area is 193 Å². The van der Waals surface area contributed by atoms with Crippen molar-refractivity contribution in [3.63, 3.8) is 0 Å². The van der Waals surface area contributed by atoms with Crippen LogP contribution in [0.2, 0.25) is 0 Å². The molecule has 3 heterocycles. The average molecular weight is 439 g/mol. The maximum Gasteiger partial charge on any atom is 0.250 e. The first-order valence-electron chi connectivity index (χ1n) is 11.6. The number of nitrogens with zero attached hydrogens (tertiary/aromatic N) is 1. The number of fused-ring (bicyclic) bond motifs is 4. The summed E-state index contributed by atoms with van der Waals surface area (Å²) in [6, 6.07) is 25.3. The molecule has 33 heavy (non-hydrogen) atoms. The number of rotatable bonds is 4. The lowest BCUT2D eigenvalue weighted by atomic mass is 9.68. The van der Waals surface area contributed by atoms with Gasteiger partial charge >= 0.3 is 0 Å². The Morgan fingerprint density at radius 1 is 1.00 bits per heavy atom. The number of carbonyl (C=O) groups excluding carboxylic acids is 2. The molecule has 4 atom stereocenters. The molecule has 166 valence electrons. The van der Waals surface area contributed by atoms with Crippen LogP contribution >= 0.6 is 0 Å². The van der Waals surface area contributed by atoms with Crippen molar-refractivity contribution in [1.29, 1.82) is 0 Å². The lowest BCUT2D eigenvalue weighted by Crippen LogP contribution is -2.52. The molecule has 1 N–H and O–H groups in total. The van der Waals surface area contributed by atoms with Crippen molar-refractivity contribution in [1.82, 2.24) is 4.90 Å². The number of methoxy groups -OCH3 is 1. The summed E-state index contributed by atoms with van der Waals surface area (Å²) in [4.78, 5) is 30.6. The summed E-state index contributed by atoms with van der Waals surface area (Å²) >= 11 is 0. The molecule has 0 bridgehead atoms. The monoisotopic (exact) mass is 438 g/mol. The topological polar surface area (TPSA) is 58.6 Å². The molecule has 3 aromatic rings. The number of carbonyl (C=O) groups is 2. The van der Waals surface area contributed by atoms with Gasteiger partial charge in [0.15, 0.2) is 5.78 Å². The molecule has 2 saturated heterocycles. The van der Waals surface area contributed by atoms with E-state index in [1.54, 1.807) is 7.11 Å². The third-order valence-electron chi connectivity index (χ3n) is 7.75. The molecule has 0 radical (unpaired) electrons. The number of ether oxygens (including phenoxy) is 1. The van der Waals surface area contributed by atoms with Crippen LogP contribution < -0.4 is 10.1 Å². The molecule has 1 amide bonds. The van der Waals surface area contributed by atoms with Gasteiger partial charge in [-0.25, -0.2) is 0 Å². The Morgan fingerprint density at radius 3 is 2.55 bits per heavy atom. The fourth-order valence-corrected chi connectivity index (χ4v) is 6.59. The summed E-state index contributed by atoms with van der Waals surface area (Å²) in [6.45, 7) is 0.788. The van der Waals surface area contributed by atoms with Gasteiger partial charge in [0, 0.05) is 28.8 Å². The zero-order valence-corrected chi connectivity index (χ0v) is 18.5. The first-order valence-corrected chi connectivity index (χ1v) is 11.6. The minimum Gasteiger partial charge on any atom is -0.496 e. The second kappa shape index (κ2) is 7.56. The van der Waals surface area contributed by atoms with Gasteiger partial charge in [0.05, 0.1) is 13.0 Å². The van der Waals surface area contributed by atoms with E-state index in [1.165, 1.54) is 0 Å². The van der Waals surface area contributed by atoms with Crippen LogP contribution in [-0.2, 0) is 10.3 Å². The number of hydrogen-bond donors (Lipinski definition) is 1. The van der Waals surface area contributed by atoms with Crippen molar-refractivity contribution in [3.05, 3.63) is 95.6 Å². The van der Waals surface area contributed by atoms with Crippen LogP contribution in [0.1, 0.15) is 40.2 Å². The number of ketones is 1. The van der Waals surface area contributed by atoms with Crippen LogP contribution in [0.5, 0.6) is 5.75 Å². The minimum absolute atomic E-state index is 0.00718. The molecule has 6 rings (SSSR count). The van der Waals surface area contributed by atoms with Crippen LogP contribution in [0.3, 0.4) is 0 Å². The number of amides is 1. The normalized spacial score (nSPS) is 27.9. The van der Waals surface area contributed by atoms with Gasteiger partial charge in [-0.1, -0.05) is 66.7 Å². The van der Waals surface area contributed by atoms with Crippen molar-refractivity contribution in [2.24, 2.45) is 5.92 Å². The molecule has 1 spiro atoms. The summed E-state index contributed by atoms with van der Waals surface area (Å²) in [5.74, 6) is -0.0441. The summed E-state index contributed by atoms with van der Waals surface area (Å²) < 4.78 is 5.76. The highest BCUT2D eigenvalue weighted by atomic mass is 16.5. The van der Waals surface area contributed by atoms with E-state index in [4.69, 9.17) is 4.74 Å². The van der Waals surface area contributed by atoms with E-state index < -0.39 is 11.5 Å². The molecule has 3 aromatic carbocycles. The lowest BCUT2D eigenvalue weighted by molar-refractivity contribution is -0.127.